The van der Waals surface area contributed by atoms with Crippen LogP contribution in [0.25, 0.3) is 11.1 Å². The first-order valence-electron chi connectivity index (χ1n) is 6.43. The molecule has 0 saturated carbocycles. The summed E-state index contributed by atoms with van der Waals surface area (Å²) in [4.78, 5) is 11.2. The first-order valence-corrected chi connectivity index (χ1v) is 6.43. The molecule has 0 spiro atoms. The van der Waals surface area contributed by atoms with Gasteiger partial charge in [0.15, 0.2) is 0 Å². The summed E-state index contributed by atoms with van der Waals surface area (Å²) in [7, 11) is 0. The average Bonchev–Trinajstić information content (AvgIpc) is 2.29. The van der Waals surface area contributed by atoms with Gasteiger partial charge in [0.1, 0.15) is 5.82 Å². The standard InChI is InChI=1S/C17H17FO2/c1-9-5-12(4)16(15(18)6-9)13-8-14(17(19)20)11(3)7-10(13)2/h5-8H,1-4H3,(H,19,20). The lowest BCUT2D eigenvalue weighted by atomic mass is 9.91. The monoisotopic (exact) mass is 272 g/mol. The fourth-order valence-electron chi connectivity index (χ4n) is 2.61. The van der Waals surface area contributed by atoms with Gasteiger partial charge in [-0.05, 0) is 67.6 Å². The number of aromatic carboxylic acids is 1. The zero-order valence-electron chi connectivity index (χ0n) is 12.0. The fourth-order valence-corrected chi connectivity index (χ4v) is 2.61. The number of benzene rings is 2. The van der Waals surface area contributed by atoms with Crippen LogP contribution in [0.15, 0.2) is 24.3 Å². The quantitative estimate of drug-likeness (QED) is 0.878. The predicted octanol–water partition coefficient (Wildman–Crippen LogP) is 4.42. The van der Waals surface area contributed by atoms with Crippen LogP contribution in [0.5, 0.6) is 0 Å². The molecule has 0 unspecified atom stereocenters. The molecule has 0 bridgehead atoms. The van der Waals surface area contributed by atoms with Gasteiger partial charge in [-0.1, -0.05) is 12.1 Å². The molecule has 20 heavy (non-hydrogen) atoms. The van der Waals surface area contributed by atoms with E-state index in [1.807, 2.05) is 26.8 Å². The molecular weight excluding hydrogens is 255 g/mol. The molecule has 0 heterocycles. The normalized spacial score (nSPS) is 10.7. The lowest BCUT2D eigenvalue weighted by Gasteiger charge is -2.14. The van der Waals surface area contributed by atoms with Crippen molar-refractivity contribution in [3.63, 3.8) is 0 Å². The molecule has 2 nitrogen and oxygen atoms in total. The number of rotatable bonds is 2. The molecule has 104 valence electrons. The van der Waals surface area contributed by atoms with E-state index in [1.165, 1.54) is 6.07 Å². The Morgan fingerprint density at radius 1 is 0.950 bits per heavy atom. The maximum Gasteiger partial charge on any atom is 0.335 e. The van der Waals surface area contributed by atoms with Crippen LogP contribution in [-0.4, -0.2) is 11.1 Å². The minimum absolute atomic E-state index is 0.213. The van der Waals surface area contributed by atoms with Gasteiger partial charge in [-0.2, -0.15) is 0 Å². The van der Waals surface area contributed by atoms with E-state index in [1.54, 1.807) is 19.1 Å². The van der Waals surface area contributed by atoms with Crippen LogP contribution in [0.3, 0.4) is 0 Å². The van der Waals surface area contributed by atoms with Gasteiger partial charge in [0.2, 0.25) is 0 Å². The minimum Gasteiger partial charge on any atom is -0.478 e. The predicted molar refractivity (Wildman–Crippen MR) is 77.7 cm³/mol. The van der Waals surface area contributed by atoms with Gasteiger partial charge >= 0.3 is 5.97 Å². The van der Waals surface area contributed by atoms with E-state index in [9.17, 15) is 14.3 Å². The SMILES string of the molecule is Cc1cc(C)c(-c2cc(C(=O)O)c(C)cc2C)c(F)c1. The summed E-state index contributed by atoms with van der Waals surface area (Å²) in [5.41, 5.74) is 4.56. The molecule has 0 amide bonds. The van der Waals surface area contributed by atoms with Gasteiger partial charge in [-0.15, -0.1) is 0 Å². The summed E-state index contributed by atoms with van der Waals surface area (Å²) in [6, 6.07) is 6.73. The van der Waals surface area contributed by atoms with Crippen LogP contribution in [0.1, 0.15) is 32.6 Å². The van der Waals surface area contributed by atoms with E-state index in [4.69, 9.17) is 0 Å². The molecule has 0 aromatic heterocycles. The largest absolute Gasteiger partial charge is 0.478 e. The second-order valence-electron chi connectivity index (χ2n) is 5.23. The molecule has 0 aliphatic rings. The van der Waals surface area contributed by atoms with E-state index in [0.717, 1.165) is 16.7 Å². The molecule has 0 aliphatic carbocycles. The number of carboxylic acid groups (broad SMARTS) is 1. The smallest absolute Gasteiger partial charge is 0.335 e. The molecule has 0 radical (unpaired) electrons. The molecule has 1 N–H and O–H groups in total. The van der Waals surface area contributed by atoms with Crippen LogP contribution in [0, 0.1) is 33.5 Å². The summed E-state index contributed by atoms with van der Waals surface area (Å²) in [6.45, 7) is 7.29. The van der Waals surface area contributed by atoms with Gasteiger partial charge in [0, 0.05) is 5.56 Å². The Balaban J connectivity index is 2.76. The summed E-state index contributed by atoms with van der Waals surface area (Å²) in [6.07, 6.45) is 0. The first-order chi connectivity index (χ1) is 9.31. The second kappa shape index (κ2) is 5.08. The Morgan fingerprint density at radius 2 is 1.60 bits per heavy atom. The van der Waals surface area contributed by atoms with Crippen molar-refractivity contribution < 1.29 is 14.3 Å². The Labute approximate surface area is 117 Å². The highest BCUT2D eigenvalue weighted by Crippen LogP contribution is 2.32. The number of hydrogen-bond donors (Lipinski definition) is 1. The molecule has 0 fully saturated rings. The Bertz CT molecular complexity index is 679. The van der Waals surface area contributed by atoms with Crippen molar-refractivity contribution in [1.29, 1.82) is 0 Å². The second-order valence-corrected chi connectivity index (χ2v) is 5.23. The third-order valence-electron chi connectivity index (χ3n) is 3.50. The molecule has 2 rings (SSSR count). The lowest BCUT2D eigenvalue weighted by molar-refractivity contribution is 0.0696. The van der Waals surface area contributed by atoms with Crippen molar-refractivity contribution in [2.75, 3.05) is 0 Å². The first kappa shape index (κ1) is 14.3. The zero-order chi connectivity index (χ0) is 15.0. The van der Waals surface area contributed by atoms with Crippen LogP contribution in [0.4, 0.5) is 4.39 Å². The van der Waals surface area contributed by atoms with Crippen molar-refractivity contribution in [3.05, 3.63) is 57.9 Å². The highest BCUT2D eigenvalue weighted by atomic mass is 19.1. The third-order valence-corrected chi connectivity index (χ3v) is 3.50. The number of hydrogen-bond acceptors (Lipinski definition) is 1. The molecule has 3 heteroatoms. The number of aryl methyl sites for hydroxylation is 4. The summed E-state index contributed by atoms with van der Waals surface area (Å²) in [5, 5.41) is 9.22. The Hall–Kier alpha value is -2.16. The Morgan fingerprint density at radius 3 is 2.15 bits per heavy atom. The summed E-state index contributed by atoms with van der Waals surface area (Å²) >= 11 is 0. The van der Waals surface area contributed by atoms with Crippen molar-refractivity contribution in [1.82, 2.24) is 0 Å². The van der Waals surface area contributed by atoms with Gasteiger partial charge in [-0.3, -0.25) is 0 Å². The van der Waals surface area contributed by atoms with Gasteiger partial charge in [0.05, 0.1) is 5.56 Å². The summed E-state index contributed by atoms with van der Waals surface area (Å²) in [5.74, 6) is -1.31. The molecule has 0 aliphatic heterocycles. The van der Waals surface area contributed by atoms with E-state index < -0.39 is 5.97 Å². The lowest BCUT2D eigenvalue weighted by Crippen LogP contribution is -2.02. The van der Waals surface area contributed by atoms with Crippen LogP contribution < -0.4 is 0 Å². The highest BCUT2D eigenvalue weighted by Gasteiger charge is 2.16. The van der Waals surface area contributed by atoms with Crippen molar-refractivity contribution >= 4 is 5.97 Å². The highest BCUT2D eigenvalue weighted by molar-refractivity contribution is 5.92. The van der Waals surface area contributed by atoms with Gasteiger partial charge in [-0.25, -0.2) is 9.18 Å². The van der Waals surface area contributed by atoms with E-state index in [-0.39, 0.29) is 11.4 Å². The van der Waals surface area contributed by atoms with Crippen LogP contribution >= 0.6 is 0 Å². The van der Waals surface area contributed by atoms with Crippen LogP contribution in [-0.2, 0) is 0 Å². The van der Waals surface area contributed by atoms with Crippen LogP contribution in [0.2, 0.25) is 0 Å². The van der Waals surface area contributed by atoms with Crippen molar-refractivity contribution in [2.24, 2.45) is 0 Å². The summed E-state index contributed by atoms with van der Waals surface area (Å²) < 4.78 is 14.3. The average molecular weight is 272 g/mol. The van der Waals surface area contributed by atoms with E-state index in [2.05, 4.69) is 0 Å². The zero-order valence-corrected chi connectivity index (χ0v) is 12.0. The molecular formula is C17H17FO2. The van der Waals surface area contributed by atoms with Gasteiger partial charge in [0.25, 0.3) is 0 Å². The molecule has 0 saturated heterocycles. The molecule has 2 aromatic carbocycles. The fraction of sp³-hybridized carbons (Fsp3) is 0.235. The van der Waals surface area contributed by atoms with Crippen molar-refractivity contribution in [2.45, 2.75) is 27.7 Å². The maximum atomic E-state index is 14.3. The third kappa shape index (κ3) is 2.44. The molecule has 2 aromatic rings. The van der Waals surface area contributed by atoms with Gasteiger partial charge < -0.3 is 5.11 Å². The number of carbonyl (C=O) groups is 1. The number of halogens is 1. The number of carboxylic acids is 1. The van der Waals surface area contributed by atoms with E-state index in [0.29, 0.717) is 16.7 Å². The van der Waals surface area contributed by atoms with Crippen molar-refractivity contribution in [3.8, 4) is 11.1 Å². The maximum absolute atomic E-state index is 14.3. The molecule has 0 atom stereocenters. The van der Waals surface area contributed by atoms with E-state index >= 15 is 0 Å². The minimum atomic E-state index is -0.992. The topological polar surface area (TPSA) is 37.3 Å². The Kier molecular flexibility index (Phi) is 3.62.